The van der Waals surface area contributed by atoms with Crippen LogP contribution in [0.2, 0.25) is 0 Å². The van der Waals surface area contributed by atoms with E-state index in [1.165, 1.54) is 0 Å². The molecule has 1 aromatic heterocycles. The summed E-state index contributed by atoms with van der Waals surface area (Å²) >= 11 is 0. The number of hydrogen-bond donors (Lipinski definition) is 1. The van der Waals surface area contributed by atoms with Gasteiger partial charge in [0.25, 0.3) is 0 Å². The number of methoxy groups -OCH3 is 1. The van der Waals surface area contributed by atoms with Crippen molar-refractivity contribution in [1.29, 1.82) is 0 Å². The number of likely N-dealkylation sites (tertiary alicyclic amines) is 1. The van der Waals surface area contributed by atoms with Crippen LogP contribution < -0.4 is 4.74 Å². The second-order valence-electron chi connectivity index (χ2n) is 6.42. The molecule has 1 atom stereocenters. The van der Waals surface area contributed by atoms with Crippen LogP contribution in [0.25, 0.3) is 11.0 Å². The fraction of sp³-hybridized carbons (Fsp3) is 0.300. The lowest BCUT2D eigenvalue weighted by Gasteiger charge is -2.22. The summed E-state index contributed by atoms with van der Waals surface area (Å²) in [7, 11) is 1.62. The molecule has 0 saturated carbocycles. The number of benzene rings is 2. The van der Waals surface area contributed by atoms with Crippen LogP contribution in [-0.2, 0) is 0 Å². The number of carbonyl (C=O) groups excluding carboxylic acids is 1. The molecule has 1 aliphatic rings. The number of aromatic amines is 1. The normalized spacial score (nSPS) is 17.9. The average molecular weight is 335 g/mol. The maximum absolute atomic E-state index is 12.6. The zero-order valence-corrected chi connectivity index (χ0v) is 14.2. The third-order valence-electron chi connectivity index (χ3n) is 4.85. The van der Waals surface area contributed by atoms with Crippen molar-refractivity contribution in [3.8, 4) is 5.75 Å². The Kier molecular flexibility index (Phi) is 4.24. The zero-order valence-electron chi connectivity index (χ0n) is 14.2. The highest BCUT2D eigenvalue weighted by Gasteiger charge is 2.30. The first-order valence-electron chi connectivity index (χ1n) is 8.60. The van der Waals surface area contributed by atoms with Crippen molar-refractivity contribution in [2.24, 2.45) is 0 Å². The molecule has 5 heteroatoms. The Morgan fingerprint density at radius 2 is 2.04 bits per heavy atom. The average Bonchev–Trinajstić information content (AvgIpc) is 3.27. The molecule has 1 saturated heterocycles. The lowest BCUT2D eigenvalue weighted by atomic mass is 10.1. The van der Waals surface area contributed by atoms with Gasteiger partial charge in [0.2, 0.25) is 0 Å². The number of Topliss-reactive ketones (excluding diaryl/α,β-unsaturated/α-hetero) is 1. The standard InChI is InChI=1S/C20H21N3O2/c1-25-15-10-8-14(9-11-15)19(24)13-23-12-4-7-18(23)20-21-16-5-2-3-6-17(16)22-20/h2-3,5-6,8-11,18H,4,7,12-13H2,1H3,(H,21,22). The number of rotatable bonds is 5. The van der Waals surface area contributed by atoms with E-state index in [0.717, 1.165) is 47.6 Å². The number of carbonyl (C=O) groups is 1. The number of imidazole rings is 1. The predicted molar refractivity (Wildman–Crippen MR) is 97.0 cm³/mol. The molecule has 1 N–H and O–H groups in total. The summed E-state index contributed by atoms with van der Waals surface area (Å²) in [6.07, 6.45) is 2.10. The molecule has 0 aliphatic carbocycles. The van der Waals surface area contributed by atoms with E-state index in [9.17, 15) is 4.79 Å². The minimum Gasteiger partial charge on any atom is -0.497 e. The molecule has 0 amide bonds. The third kappa shape index (κ3) is 3.15. The first-order chi connectivity index (χ1) is 12.2. The minimum absolute atomic E-state index is 0.130. The number of aromatic nitrogens is 2. The monoisotopic (exact) mass is 335 g/mol. The minimum atomic E-state index is 0.130. The molecule has 2 aromatic carbocycles. The van der Waals surface area contributed by atoms with E-state index in [1.54, 1.807) is 7.11 Å². The Hall–Kier alpha value is -2.66. The number of nitrogens with zero attached hydrogens (tertiary/aromatic N) is 2. The molecule has 25 heavy (non-hydrogen) atoms. The van der Waals surface area contributed by atoms with Crippen molar-refractivity contribution in [3.05, 3.63) is 59.9 Å². The van der Waals surface area contributed by atoms with Crippen LogP contribution >= 0.6 is 0 Å². The number of fused-ring (bicyclic) bond motifs is 1. The van der Waals surface area contributed by atoms with Gasteiger partial charge >= 0.3 is 0 Å². The summed E-state index contributed by atoms with van der Waals surface area (Å²) in [6, 6.07) is 15.5. The molecule has 0 spiro atoms. The molecule has 1 fully saturated rings. The molecule has 5 nitrogen and oxygen atoms in total. The van der Waals surface area contributed by atoms with Crippen molar-refractivity contribution < 1.29 is 9.53 Å². The molecular formula is C20H21N3O2. The number of hydrogen-bond acceptors (Lipinski definition) is 4. The molecular weight excluding hydrogens is 314 g/mol. The van der Waals surface area contributed by atoms with Gasteiger partial charge in [0.15, 0.2) is 5.78 Å². The van der Waals surface area contributed by atoms with E-state index in [0.29, 0.717) is 6.54 Å². The Bertz CT molecular complexity index is 852. The van der Waals surface area contributed by atoms with Crippen LogP contribution in [0.5, 0.6) is 5.75 Å². The molecule has 0 bridgehead atoms. The highest BCUT2D eigenvalue weighted by Crippen LogP contribution is 2.31. The summed E-state index contributed by atoms with van der Waals surface area (Å²) in [5.41, 5.74) is 2.74. The Labute approximate surface area is 146 Å². The first kappa shape index (κ1) is 15.8. The third-order valence-corrected chi connectivity index (χ3v) is 4.85. The Balaban J connectivity index is 1.51. The molecule has 1 unspecified atom stereocenters. The van der Waals surface area contributed by atoms with Crippen molar-refractivity contribution >= 4 is 16.8 Å². The van der Waals surface area contributed by atoms with Gasteiger partial charge in [0.05, 0.1) is 30.7 Å². The second-order valence-corrected chi connectivity index (χ2v) is 6.42. The van der Waals surface area contributed by atoms with Crippen molar-refractivity contribution in [2.75, 3.05) is 20.2 Å². The largest absolute Gasteiger partial charge is 0.497 e. The number of ketones is 1. The van der Waals surface area contributed by atoms with Gasteiger partial charge < -0.3 is 9.72 Å². The van der Waals surface area contributed by atoms with Crippen LogP contribution in [0.3, 0.4) is 0 Å². The summed E-state index contributed by atoms with van der Waals surface area (Å²) in [6.45, 7) is 1.33. The summed E-state index contributed by atoms with van der Waals surface area (Å²) < 4.78 is 5.15. The fourth-order valence-corrected chi connectivity index (χ4v) is 3.51. The van der Waals surface area contributed by atoms with Gasteiger partial charge in [-0.1, -0.05) is 12.1 Å². The summed E-state index contributed by atoms with van der Waals surface area (Å²) in [4.78, 5) is 23.0. The van der Waals surface area contributed by atoms with Gasteiger partial charge in [-0.2, -0.15) is 0 Å². The van der Waals surface area contributed by atoms with E-state index in [-0.39, 0.29) is 11.8 Å². The second kappa shape index (κ2) is 6.69. The SMILES string of the molecule is COc1ccc(C(=O)CN2CCCC2c2nc3ccccc3[nH]2)cc1. The van der Waals surface area contributed by atoms with Gasteiger partial charge in [-0.15, -0.1) is 0 Å². The molecule has 2 heterocycles. The molecule has 1 aliphatic heterocycles. The van der Waals surface area contributed by atoms with E-state index in [4.69, 9.17) is 9.72 Å². The quantitative estimate of drug-likeness (QED) is 0.724. The number of ether oxygens (including phenoxy) is 1. The van der Waals surface area contributed by atoms with E-state index in [2.05, 4.69) is 9.88 Å². The maximum Gasteiger partial charge on any atom is 0.176 e. The van der Waals surface area contributed by atoms with Crippen molar-refractivity contribution in [3.63, 3.8) is 0 Å². The number of para-hydroxylation sites is 2. The number of H-pyrrole nitrogens is 1. The Morgan fingerprint density at radius 3 is 2.80 bits per heavy atom. The van der Waals surface area contributed by atoms with Crippen LogP contribution in [0.15, 0.2) is 48.5 Å². The van der Waals surface area contributed by atoms with E-state index < -0.39 is 0 Å². The smallest absolute Gasteiger partial charge is 0.176 e. The maximum atomic E-state index is 12.6. The predicted octanol–water partition coefficient (Wildman–Crippen LogP) is 3.59. The van der Waals surface area contributed by atoms with E-state index >= 15 is 0 Å². The van der Waals surface area contributed by atoms with Crippen molar-refractivity contribution in [1.82, 2.24) is 14.9 Å². The van der Waals surface area contributed by atoms with Gasteiger partial charge in [0, 0.05) is 5.56 Å². The van der Waals surface area contributed by atoms with Gasteiger partial charge in [-0.05, 0) is 55.8 Å². The van der Waals surface area contributed by atoms with Crippen LogP contribution in [0.4, 0.5) is 0 Å². The lowest BCUT2D eigenvalue weighted by molar-refractivity contribution is 0.0919. The van der Waals surface area contributed by atoms with Crippen LogP contribution in [0, 0.1) is 0 Å². The first-order valence-corrected chi connectivity index (χ1v) is 8.60. The molecule has 4 rings (SSSR count). The van der Waals surface area contributed by atoms with Gasteiger partial charge in [-0.3, -0.25) is 9.69 Å². The Morgan fingerprint density at radius 1 is 1.24 bits per heavy atom. The zero-order chi connectivity index (χ0) is 17.2. The summed E-state index contributed by atoms with van der Waals surface area (Å²) in [5, 5.41) is 0. The molecule has 0 radical (unpaired) electrons. The topological polar surface area (TPSA) is 58.2 Å². The van der Waals surface area contributed by atoms with E-state index in [1.807, 2.05) is 48.5 Å². The van der Waals surface area contributed by atoms with Gasteiger partial charge in [-0.25, -0.2) is 4.98 Å². The number of nitrogens with one attached hydrogen (secondary N) is 1. The molecule has 128 valence electrons. The highest BCUT2D eigenvalue weighted by molar-refractivity contribution is 5.97. The molecule has 3 aromatic rings. The fourth-order valence-electron chi connectivity index (χ4n) is 3.51. The lowest BCUT2D eigenvalue weighted by Crippen LogP contribution is -2.30. The summed E-state index contributed by atoms with van der Waals surface area (Å²) in [5.74, 6) is 1.85. The van der Waals surface area contributed by atoms with Gasteiger partial charge in [0.1, 0.15) is 11.6 Å². The highest BCUT2D eigenvalue weighted by atomic mass is 16.5. The van der Waals surface area contributed by atoms with Crippen LogP contribution in [0.1, 0.15) is 35.1 Å². The van der Waals surface area contributed by atoms with Crippen LogP contribution in [-0.4, -0.2) is 40.9 Å². The van der Waals surface area contributed by atoms with Crippen molar-refractivity contribution in [2.45, 2.75) is 18.9 Å².